The molecule has 240 valence electrons. The first-order valence-electron chi connectivity index (χ1n) is 17.4. The Balaban J connectivity index is 1.21. The summed E-state index contributed by atoms with van der Waals surface area (Å²) in [5.41, 5.74) is 12.7. The Morgan fingerprint density at radius 1 is 0.275 bits per heavy atom. The molecule has 0 unspecified atom stereocenters. The van der Waals surface area contributed by atoms with E-state index in [-0.39, 0.29) is 0 Å². The Bertz CT molecular complexity index is 2570. The lowest BCUT2D eigenvalue weighted by atomic mass is 10.0. The van der Waals surface area contributed by atoms with Crippen LogP contribution in [0.1, 0.15) is 0 Å². The second-order valence-corrected chi connectivity index (χ2v) is 13.0. The molecule has 0 amide bonds. The summed E-state index contributed by atoms with van der Waals surface area (Å²) in [5.74, 6) is 0. The topological polar surface area (TPSA) is 13.1 Å². The van der Waals surface area contributed by atoms with Gasteiger partial charge in [0.25, 0.3) is 0 Å². The highest BCUT2D eigenvalue weighted by atomic mass is 15.1. The van der Waals surface area contributed by atoms with Gasteiger partial charge in [0.15, 0.2) is 0 Å². The molecular formula is C48H33N3. The van der Waals surface area contributed by atoms with Crippen molar-refractivity contribution in [3.05, 3.63) is 200 Å². The predicted octanol–water partition coefficient (Wildman–Crippen LogP) is 13.0. The van der Waals surface area contributed by atoms with Crippen LogP contribution >= 0.6 is 0 Å². The Morgan fingerprint density at radius 2 is 0.608 bits per heavy atom. The molecule has 3 nitrogen and oxygen atoms in total. The number of aromatic nitrogens is 2. The van der Waals surface area contributed by atoms with Gasteiger partial charge in [-0.25, -0.2) is 0 Å². The van der Waals surface area contributed by atoms with Crippen LogP contribution in [-0.2, 0) is 0 Å². The zero-order chi connectivity index (χ0) is 33.7. The van der Waals surface area contributed by atoms with E-state index in [1.165, 1.54) is 43.6 Å². The highest BCUT2D eigenvalue weighted by molar-refractivity contribution is 6.10. The quantitative estimate of drug-likeness (QED) is 0.174. The van der Waals surface area contributed by atoms with Gasteiger partial charge < -0.3 is 14.0 Å². The van der Waals surface area contributed by atoms with Crippen molar-refractivity contribution in [2.24, 2.45) is 0 Å². The molecule has 2 heterocycles. The van der Waals surface area contributed by atoms with Crippen LogP contribution in [0.2, 0.25) is 0 Å². The smallest absolute Gasteiger partial charge is 0.0541 e. The fourth-order valence-corrected chi connectivity index (χ4v) is 7.83. The van der Waals surface area contributed by atoms with Crippen LogP contribution in [0.25, 0.3) is 66.1 Å². The molecule has 8 aromatic carbocycles. The van der Waals surface area contributed by atoms with E-state index in [0.29, 0.717) is 0 Å². The molecule has 0 fully saturated rings. The predicted molar refractivity (Wildman–Crippen MR) is 215 cm³/mol. The average molecular weight is 652 g/mol. The summed E-state index contributed by atoms with van der Waals surface area (Å²) in [6.45, 7) is 0. The van der Waals surface area contributed by atoms with Crippen molar-refractivity contribution in [2.75, 3.05) is 4.90 Å². The van der Waals surface area contributed by atoms with Crippen LogP contribution < -0.4 is 4.90 Å². The van der Waals surface area contributed by atoms with E-state index in [0.717, 1.165) is 39.6 Å². The lowest BCUT2D eigenvalue weighted by Crippen LogP contribution is -2.09. The number of anilines is 3. The summed E-state index contributed by atoms with van der Waals surface area (Å²) < 4.78 is 4.85. The maximum atomic E-state index is 2.42. The molecule has 0 aliphatic rings. The molecule has 0 bridgehead atoms. The van der Waals surface area contributed by atoms with Crippen LogP contribution in [-0.4, -0.2) is 9.13 Å². The number of nitrogens with zero attached hydrogens (tertiary/aromatic N) is 3. The van der Waals surface area contributed by atoms with Gasteiger partial charge in [0, 0.05) is 50.0 Å². The van der Waals surface area contributed by atoms with E-state index in [1.54, 1.807) is 0 Å². The summed E-state index contributed by atoms with van der Waals surface area (Å²) in [6.07, 6.45) is 0. The Hall–Kier alpha value is -6.84. The van der Waals surface area contributed by atoms with Crippen LogP contribution in [0.15, 0.2) is 200 Å². The van der Waals surface area contributed by atoms with Crippen molar-refractivity contribution < 1.29 is 0 Å². The maximum absolute atomic E-state index is 2.42. The first-order valence-corrected chi connectivity index (χ1v) is 17.4. The van der Waals surface area contributed by atoms with Gasteiger partial charge in [-0.05, 0) is 90.0 Å². The Morgan fingerprint density at radius 3 is 1.00 bits per heavy atom. The first-order chi connectivity index (χ1) is 25.3. The van der Waals surface area contributed by atoms with E-state index in [9.17, 15) is 0 Å². The number of fused-ring (bicyclic) bond motifs is 6. The fourth-order valence-electron chi connectivity index (χ4n) is 7.83. The van der Waals surface area contributed by atoms with Crippen LogP contribution in [0.4, 0.5) is 17.1 Å². The van der Waals surface area contributed by atoms with Gasteiger partial charge in [-0.3, -0.25) is 0 Å². The third-order valence-corrected chi connectivity index (χ3v) is 10.1. The number of hydrogen-bond acceptors (Lipinski definition) is 1. The Kier molecular flexibility index (Phi) is 6.81. The molecule has 3 heteroatoms. The van der Waals surface area contributed by atoms with E-state index in [2.05, 4.69) is 214 Å². The zero-order valence-corrected chi connectivity index (χ0v) is 27.9. The molecule has 10 aromatic rings. The molecule has 10 rings (SSSR count). The molecular weight excluding hydrogens is 619 g/mol. The third-order valence-electron chi connectivity index (χ3n) is 10.1. The SMILES string of the molecule is c1ccc(N(c2ccccc2)c2ccc(-c3cc(-n4c5ccccc5c5ccccc54)cc(-n4c5ccccc5c5ccccc54)c3)cc2)cc1. The number of para-hydroxylation sites is 6. The largest absolute Gasteiger partial charge is 0.311 e. The van der Waals surface area contributed by atoms with Crippen molar-refractivity contribution in [3.63, 3.8) is 0 Å². The van der Waals surface area contributed by atoms with Crippen molar-refractivity contribution in [1.82, 2.24) is 9.13 Å². The zero-order valence-electron chi connectivity index (χ0n) is 27.9. The highest BCUT2D eigenvalue weighted by Gasteiger charge is 2.18. The fraction of sp³-hybridized carbons (Fsp3) is 0. The normalized spacial score (nSPS) is 11.5. The van der Waals surface area contributed by atoms with Crippen molar-refractivity contribution in [2.45, 2.75) is 0 Å². The van der Waals surface area contributed by atoms with Gasteiger partial charge in [0.1, 0.15) is 0 Å². The van der Waals surface area contributed by atoms with Crippen molar-refractivity contribution in [1.29, 1.82) is 0 Å². The van der Waals surface area contributed by atoms with E-state index >= 15 is 0 Å². The summed E-state index contributed by atoms with van der Waals surface area (Å²) in [5, 5.41) is 5.01. The minimum atomic E-state index is 1.11. The minimum Gasteiger partial charge on any atom is -0.311 e. The standard InChI is InChI=1S/C48H33N3/c1-3-15-36(16-4-1)49(37-17-5-2-6-18-37)38-29-27-34(28-30-38)35-31-39(50-45-23-11-7-19-41(45)42-20-8-12-24-46(42)50)33-40(32-35)51-47-25-13-9-21-43(47)44-22-10-14-26-48(44)51/h1-33H. The molecule has 0 saturated carbocycles. The third kappa shape index (κ3) is 4.82. The van der Waals surface area contributed by atoms with Crippen LogP contribution in [0.3, 0.4) is 0 Å². The second kappa shape index (κ2) is 11.9. The average Bonchev–Trinajstić information content (AvgIpc) is 3.72. The van der Waals surface area contributed by atoms with Gasteiger partial charge in [0.05, 0.1) is 22.1 Å². The van der Waals surface area contributed by atoms with Crippen molar-refractivity contribution in [3.8, 4) is 22.5 Å². The number of benzene rings is 8. The van der Waals surface area contributed by atoms with Gasteiger partial charge >= 0.3 is 0 Å². The van der Waals surface area contributed by atoms with Gasteiger partial charge in [0.2, 0.25) is 0 Å². The van der Waals surface area contributed by atoms with Gasteiger partial charge in [-0.2, -0.15) is 0 Å². The Labute approximate surface area is 296 Å². The summed E-state index contributed by atoms with van der Waals surface area (Å²) >= 11 is 0. The van der Waals surface area contributed by atoms with Crippen LogP contribution in [0, 0.1) is 0 Å². The van der Waals surface area contributed by atoms with Crippen LogP contribution in [0.5, 0.6) is 0 Å². The van der Waals surface area contributed by atoms with Gasteiger partial charge in [-0.1, -0.05) is 121 Å². The number of rotatable bonds is 6. The summed E-state index contributed by atoms with van der Waals surface area (Å²) in [4.78, 5) is 2.31. The van der Waals surface area contributed by atoms with Gasteiger partial charge in [-0.15, -0.1) is 0 Å². The molecule has 0 saturated heterocycles. The lowest BCUT2D eigenvalue weighted by Gasteiger charge is -2.25. The second-order valence-electron chi connectivity index (χ2n) is 13.0. The summed E-state index contributed by atoms with van der Waals surface area (Å²) in [6, 6.07) is 72.1. The molecule has 0 aliphatic carbocycles. The molecule has 0 spiro atoms. The van der Waals surface area contributed by atoms with E-state index in [1.807, 2.05) is 0 Å². The first kappa shape index (κ1) is 29.1. The highest BCUT2D eigenvalue weighted by Crippen LogP contribution is 2.39. The van der Waals surface area contributed by atoms with E-state index < -0.39 is 0 Å². The molecule has 51 heavy (non-hydrogen) atoms. The number of hydrogen-bond donors (Lipinski definition) is 0. The molecule has 0 N–H and O–H groups in total. The maximum Gasteiger partial charge on any atom is 0.0541 e. The molecule has 2 aromatic heterocycles. The molecule has 0 radical (unpaired) electrons. The monoisotopic (exact) mass is 651 g/mol. The molecule has 0 aliphatic heterocycles. The lowest BCUT2D eigenvalue weighted by molar-refractivity contribution is 1.13. The minimum absolute atomic E-state index is 1.11. The molecule has 0 atom stereocenters. The van der Waals surface area contributed by atoms with E-state index in [4.69, 9.17) is 0 Å². The van der Waals surface area contributed by atoms with Crippen molar-refractivity contribution >= 4 is 60.7 Å². The summed E-state index contributed by atoms with van der Waals surface area (Å²) in [7, 11) is 0.